The van der Waals surface area contributed by atoms with Crippen molar-refractivity contribution >= 4 is 48.3 Å². The number of carbonyl (C=O) groups is 1. The van der Waals surface area contributed by atoms with Crippen molar-refractivity contribution in [1.29, 1.82) is 0 Å². The molecule has 0 radical (unpaired) electrons. The smallest absolute Gasteiger partial charge is 0.261 e. The van der Waals surface area contributed by atoms with E-state index in [1.807, 2.05) is 6.92 Å². The van der Waals surface area contributed by atoms with Crippen molar-refractivity contribution in [3.05, 3.63) is 108 Å². The van der Waals surface area contributed by atoms with Crippen LogP contribution in [-0.2, 0) is 16.6 Å². The summed E-state index contributed by atoms with van der Waals surface area (Å²) in [6, 6.07) is 20.7. The highest BCUT2D eigenvalue weighted by Gasteiger charge is 2.24. The van der Waals surface area contributed by atoms with Crippen LogP contribution in [0, 0.1) is 12.7 Å². The molecule has 2 aromatic heterocycles. The second kappa shape index (κ2) is 9.56. The van der Waals surface area contributed by atoms with E-state index >= 15 is 0 Å². The summed E-state index contributed by atoms with van der Waals surface area (Å²) in [5.74, 6) is -0.324. The van der Waals surface area contributed by atoms with Crippen molar-refractivity contribution in [2.24, 2.45) is 0 Å². The van der Waals surface area contributed by atoms with E-state index in [1.165, 1.54) is 65.0 Å². The van der Waals surface area contributed by atoms with Gasteiger partial charge in [-0.15, -0.1) is 0 Å². The lowest BCUT2D eigenvalue weighted by Crippen LogP contribution is -2.30. The SMILES string of the molecule is Cc1ccc(S(=O)(=O)Nc2ccc(C(=O)N(Cc3ccco3)c3nc4c(F)cccc4s3)cc2)cc1. The lowest BCUT2D eigenvalue weighted by Gasteiger charge is -2.19. The Balaban J connectivity index is 1.42. The van der Waals surface area contributed by atoms with E-state index in [0.717, 1.165) is 5.56 Å². The Labute approximate surface area is 210 Å². The summed E-state index contributed by atoms with van der Waals surface area (Å²) in [4.78, 5) is 19.4. The van der Waals surface area contributed by atoms with Gasteiger partial charge < -0.3 is 4.42 Å². The van der Waals surface area contributed by atoms with Crippen LogP contribution in [0.4, 0.5) is 15.2 Å². The van der Waals surface area contributed by atoms with Crippen LogP contribution >= 0.6 is 11.3 Å². The van der Waals surface area contributed by atoms with E-state index < -0.39 is 15.8 Å². The number of para-hydroxylation sites is 1. The molecular weight excluding hydrogens is 501 g/mol. The van der Waals surface area contributed by atoms with Crippen LogP contribution in [0.2, 0.25) is 0 Å². The number of furan rings is 1. The van der Waals surface area contributed by atoms with Crippen LogP contribution < -0.4 is 9.62 Å². The number of halogens is 1. The average molecular weight is 522 g/mol. The molecule has 0 aliphatic rings. The molecule has 0 aliphatic carbocycles. The lowest BCUT2D eigenvalue weighted by molar-refractivity contribution is 0.0983. The minimum Gasteiger partial charge on any atom is -0.467 e. The van der Waals surface area contributed by atoms with Gasteiger partial charge in [-0.2, -0.15) is 0 Å². The second-order valence-corrected chi connectivity index (χ2v) is 10.7. The number of benzene rings is 3. The van der Waals surface area contributed by atoms with E-state index in [1.54, 1.807) is 36.4 Å². The number of aromatic nitrogens is 1. The first-order valence-corrected chi connectivity index (χ1v) is 13.2. The molecule has 0 aliphatic heterocycles. The molecule has 0 saturated carbocycles. The Hall–Kier alpha value is -4.02. The number of hydrogen-bond acceptors (Lipinski definition) is 6. The van der Waals surface area contributed by atoms with Gasteiger partial charge in [0, 0.05) is 11.3 Å². The number of hydrogen-bond donors (Lipinski definition) is 1. The monoisotopic (exact) mass is 521 g/mol. The number of aryl methyl sites for hydroxylation is 1. The highest BCUT2D eigenvalue weighted by Crippen LogP contribution is 2.32. The number of thiazole rings is 1. The van der Waals surface area contributed by atoms with E-state index in [0.29, 0.717) is 26.8 Å². The third kappa shape index (κ3) is 4.86. The number of sulfonamides is 1. The molecule has 1 amide bonds. The molecule has 0 atom stereocenters. The molecule has 1 N–H and O–H groups in total. The van der Waals surface area contributed by atoms with Gasteiger partial charge in [-0.05, 0) is 67.6 Å². The maximum atomic E-state index is 14.3. The molecule has 5 rings (SSSR count). The van der Waals surface area contributed by atoms with Crippen LogP contribution in [0.1, 0.15) is 21.7 Å². The molecule has 10 heteroatoms. The fraction of sp³-hybridized carbons (Fsp3) is 0.0769. The zero-order chi connectivity index (χ0) is 25.3. The quantitative estimate of drug-likeness (QED) is 0.284. The first kappa shape index (κ1) is 23.7. The Morgan fingerprint density at radius 2 is 1.78 bits per heavy atom. The first-order chi connectivity index (χ1) is 17.3. The predicted molar refractivity (Wildman–Crippen MR) is 137 cm³/mol. The maximum absolute atomic E-state index is 14.3. The third-order valence-electron chi connectivity index (χ3n) is 5.44. The molecule has 5 aromatic rings. The fourth-order valence-electron chi connectivity index (χ4n) is 3.57. The molecule has 182 valence electrons. The number of anilines is 2. The number of nitrogens with one attached hydrogen (secondary N) is 1. The molecule has 0 fully saturated rings. The summed E-state index contributed by atoms with van der Waals surface area (Å²) in [6.07, 6.45) is 1.50. The first-order valence-electron chi connectivity index (χ1n) is 10.9. The molecule has 3 aromatic carbocycles. The van der Waals surface area contributed by atoms with Gasteiger partial charge in [0.25, 0.3) is 15.9 Å². The minimum atomic E-state index is -3.78. The zero-order valence-corrected chi connectivity index (χ0v) is 20.6. The van der Waals surface area contributed by atoms with Gasteiger partial charge in [0.05, 0.1) is 22.4 Å². The van der Waals surface area contributed by atoms with Crippen molar-refractivity contribution in [3.63, 3.8) is 0 Å². The van der Waals surface area contributed by atoms with Crippen molar-refractivity contribution in [1.82, 2.24) is 4.98 Å². The molecular formula is C26H20FN3O4S2. The van der Waals surface area contributed by atoms with Crippen LogP contribution in [0.25, 0.3) is 10.2 Å². The van der Waals surface area contributed by atoms with Gasteiger partial charge in [0.1, 0.15) is 17.1 Å². The van der Waals surface area contributed by atoms with Gasteiger partial charge in [0.2, 0.25) is 0 Å². The van der Waals surface area contributed by atoms with E-state index in [9.17, 15) is 17.6 Å². The Kier molecular flexibility index (Phi) is 6.29. The Bertz CT molecular complexity index is 1630. The number of carbonyl (C=O) groups excluding carboxylic acids is 1. The molecule has 0 unspecified atom stereocenters. The number of amides is 1. The van der Waals surface area contributed by atoms with Crippen LogP contribution in [-0.4, -0.2) is 19.3 Å². The molecule has 2 heterocycles. The molecule has 36 heavy (non-hydrogen) atoms. The van der Waals surface area contributed by atoms with E-state index in [4.69, 9.17) is 4.42 Å². The normalized spacial score (nSPS) is 11.5. The van der Waals surface area contributed by atoms with Crippen LogP contribution in [0.5, 0.6) is 0 Å². The Morgan fingerprint density at radius 1 is 1.03 bits per heavy atom. The fourth-order valence-corrected chi connectivity index (χ4v) is 5.61. The summed E-state index contributed by atoms with van der Waals surface area (Å²) >= 11 is 1.19. The van der Waals surface area contributed by atoms with E-state index in [2.05, 4.69) is 9.71 Å². The summed E-state index contributed by atoms with van der Waals surface area (Å²) in [6.45, 7) is 1.97. The summed E-state index contributed by atoms with van der Waals surface area (Å²) in [5.41, 5.74) is 1.76. The number of fused-ring (bicyclic) bond motifs is 1. The van der Waals surface area contributed by atoms with Crippen molar-refractivity contribution in [2.45, 2.75) is 18.4 Å². The summed E-state index contributed by atoms with van der Waals surface area (Å²) < 4.78 is 48.2. The predicted octanol–water partition coefficient (Wildman–Crippen LogP) is 5.98. The lowest BCUT2D eigenvalue weighted by atomic mass is 10.2. The van der Waals surface area contributed by atoms with Crippen molar-refractivity contribution in [2.75, 3.05) is 9.62 Å². The standard InChI is InChI=1S/C26H20FN3O4S2/c1-17-7-13-21(14-8-17)36(32,33)29-19-11-9-18(10-12-19)25(31)30(16-20-4-3-15-34-20)26-28-24-22(27)5-2-6-23(24)35-26/h2-15,29H,16H2,1H3. The minimum absolute atomic E-state index is 0.0923. The van der Waals surface area contributed by atoms with Crippen LogP contribution in [0.15, 0.2) is 94.4 Å². The Morgan fingerprint density at radius 3 is 2.44 bits per heavy atom. The van der Waals surface area contributed by atoms with Gasteiger partial charge in [-0.3, -0.25) is 14.4 Å². The highest BCUT2D eigenvalue weighted by molar-refractivity contribution is 7.92. The van der Waals surface area contributed by atoms with Gasteiger partial charge in [-0.1, -0.05) is 35.1 Å². The second-order valence-electron chi connectivity index (χ2n) is 8.05. The highest BCUT2D eigenvalue weighted by atomic mass is 32.2. The van der Waals surface area contributed by atoms with Gasteiger partial charge in [0.15, 0.2) is 5.13 Å². The molecule has 0 saturated heterocycles. The zero-order valence-electron chi connectivity index (χ0n) is 19.0. The number of rotatable bonds is 7. The average Bonchev–Trinajstić information content (AvgIpc) is 3.53. The molecule has 7 nitrogen and oxygen atoms in total. The molecule has 0 bridgehead atoms. The van der Waals surface area contributed by atoms with E-state index in [-0.39, 0.29) is 22.9 Å². The topological polar surface area (TPSA) is 92.5 Å². The maximum Gasteiger partial charge on any atom is 0.261 e. The largest absolute Gasteiger partial charge is 0.467 e. The summed E-state index contributed by atoms with van der Waals surface area (Å²) in [7, 11) is -3.78. The van der Waals surface area contributed by atoms with Gasteiger partial charge >= 0.3 is 0 Å². The van der Waals surface area contributed by atoms with Gasteiger partial charge in [-0.25, -0.2) is 17.8 Å². The van der Waals surface area contributed by atoms with Crippen LogP contribution in [0.3, 0.4) is 0 Å². The van der Waals surface area contributed by atoms with Crippen molar-refractivity contribution < 1.29 is 22.0 Å². The number of nitrogens with zero attached hydrogens (tertiary/aromatic N) is 2. The molecule has 0 spiro atoms. The summed E-state index contributed by atoms with van der Waals surface area (Å²) in [5, 5.41) is 0.320. The van der Waals surface area contributed by atoms with Crippen molar-refractivity contribution in [3.8, 4) is 0 Å². The third-order valence-corrected chi connectivity index (χ3v) is 7.88.